The van der Waals surface area contributed by atoms with Crippen molar-refractivity contribution in [1.29, 1.82) is 5.26 Å². The first-order chi connectivity index (χ1) is 17.9. The van der Waals surface area contributed by atoms with Crippen molar-refractivity contribution in [3.05, 3.63) is 70.5 Å². The molecule has 0 radical (unpaired) electrons. The summed E-state index contributed by atoms with van der Waals surface area (Å²) in [6, 6.07) is 11.0. The molecule has 38 heavy (non-hydrogen) atoms. The molecular formula is C25H19ClF3N3O5S. The van der Waals surface area contributed by atoms with Crippen LogP contribution in [0, 0.1) is 11.3 Å². The number of carboxylic acid groups (broad SMARTS) is 1. The largest absolute Gasteiger partial charge is 0.491 e. The standard InChI is InChI=1S/C25H19ClF3N3O5S/c26-20-7-6-17(12-18(20)19-14-31-22(25(27,28)29)11-16(19)13-30)38(35,36)32-9-2-4-15-3-1-5-21(24(15)32)37-10-8-23(33)34/h1,3,5-7,11-12,14H,2,4,8-10H2,(H,33,34). The number of hydrogen-bond donors (Lipinski definition) is 1. The van der Waals surface area contributed by atoms with Crippen LogP contribution < -0.4 is 9.04 Å². The van der Waals surface area contributed by atoms with E-state index in [1.54, 1.807) is 24.3 Å². The van der Waals surface area contributed by atoms with Crippen LogP contribution in [-0.4, -0.2) is 37.6 Å². The number of sulfonamides is 1. The van der Waals surface area contributed by atoms with Crippen molar-refractivity contribution >= 4 is 33.3 Å². The summed E-state index contributed by atoms with van der Waals surface area (Å²) < 4.78 is 73.7. The molecule has 4 rings (SSSR count). The summed E-state index contributed by atoms with van der Waals surface area (Å²) in [4.78, 5) is 14.1. The van der Waals surface area contributed by atoms with E-state index in [-0.39, 0.29) is 57.6 Å². The molecule has 13 heteroatoms. The lowest BCUT2D eigenvalue weighted by Crippen LogP contribution is -2.36. The Hall–Kier alpha value is -3.82. The topological polar surface area (TPSA) is 121 Å². The number of anilines is 1. The van der Waals surface area contributed by atoms with Crippen LogP contribution >= 0.6 is 11.6 Å². The maximum Gasteiger partial charge on any atom is 0.433 e. The van der Waals surface area contributed by atoms with E-state index >= 15 is 0 Å². The fourth-order valence-electron chi connectivity index (χ4n) is 4.10. The van der Waals surface area contributed by atoms with E-state index in [0.29, 0.717) is 24.5 Å². The SMILES string of the molecule is N#Cc1cc(C(F)(F)F)ncc1-c1cc(S(=O)(=O)N2CCCc3cccc(OCCC(=O)O)c32)ccc1Cl. The minimum Gasteiger partial charge on any atom is -0.491 e. The van der Waals surface area contributed by atoms with Crippen LogP contribution in [0.15, 0.2) is 53.6 Å². The highest BCUT2D eigenvalue weighted by molar-refractivity contribution is 7.92. The van der Waals surface area contributed by atoms with Gasteiger partial charge in [0.25, 0.3) is 10.0 Å². The van der Waals surface area contributed by atoms with Gasteiger partial charge < -0.3 is 9.84 Å². The molecule has 0 saturated heterocycles. The van der Waals surface area contributed by atoms with Crippen LogP contribution in [0.1, 0.15) is 29.7 Å². The van der Waals surface area contributed by atoms with Gasteiger partial charge in [0, 0.05) is 28.9 Å². The molecular weight excluding hydrogens is 547 g/mol. The van der Waals surface area contributed by atoms with Gasteiger partial charge in [-0.05, 0) is 48.7 Å². The lowest BCUT2D eigenvalue weighted by Gasteiger charge is -2.32. The van der Waals surface area contributed by atoms with Crippen LogP contribution in [0.4, 0.5) is 18.9 Å². The zero-order valence-corrected chi connectivity index (χ0v) is 21.1. The number of hydrogen-bond acceptors (Lipinski definition) is 6. The number of alkyl halides is 3. The maximum atomic E-state index is 13.8. The normalized spacial score (nSPS) is 13.5. The lowest BCUT2D eigenvalue weighted by atomic mass is 10.0. The summed E-state index contributed by atoms with van der Waals surface area (Å²) in [5.74, 6) is -0.859. The molecule has 2 heterocycles. The third kappa shape index (κ3) is 5.39. The Labute approximate surface area is 220 Å². The molecule has 0 fully saturated rings. The van der Waals surface area contributed by atoms with Crippen LogP contribution in [0.2, 0.25) is 5.02 Å². The number of aryl methyl sites for hydroxylation is 1. The van der Waals surface area contributed by atoms with E-state index in [1.807, 2.05) is 0 Å². The lowest BCUT2D eigenvalue weighted by molar-refractivity contribution is -0.141. The molecule has 1 aliphatic heterocycles. The number of fused-ring (bicyclic) bond motifs is 1. The smallest absolute Gasteiger partial charge is 0.433 e. The Kier molecular flexibility index (Phi) is 7.53. The van der Waals surface area contributed by atoms with E-state index in [2.05, 4.69) is 4.98 Å². The average molecular weight is 566 g/mol. The van der Waals surface area contributed by atoms with Crippen molar-refractivity contribution in [3.63, 3.8) is 0 Å². The summed E-state index contributed by atoms with van der Waals surface area (Å²) >= 11 is 6.28. The molecule has 0 unspecified atom stereocenters. The number of carbonyl (C=O) groups is 1. The molecule has 1 N–H and O–H groups in total. The van der Waals surface area contributed by atoms with Crippen LogP contribution in [0.25, 0.3) is 11.1 Å². The van der Waals surface area contributed by atoms with Gasteiger partial charge in [-0.25, -0.2) is 8.42 Å². The van der Waals surface area contributed by atoms with Crippen LogP contribution in [0.5, 0.6) is 5.75 Å². The molecule has 3 aromatic rings. The van der Waals surface area contributed by atoms with Crippen LogP contribution in [0.3, 0.4) is 0 Å². The number of pyridine rings is 1. The fraction of sp³-hybridized carbons (Fsp3) is 0.240. The molecule has 0 aliphatic carbocycles. The van der Waals surface area contributed by atoms with Gasteiger partial charge >= 0.3 is 12.1 Å². The predicted molar refractivity (Wildman–Crippen MR) is 131 cm³/mol. The first-order valence-electron chi connectivity index (χ1n) is 11.2. The third-order valence-electron chi connectivity index (χ3n) is 5.84. The van der Waals surface area contributed by atoms with E-state index in [9.17, 15) is 31.6 Å². The first kappa shape index (κ1) is 27.2. The van der Waals surface area contributed by atoms with E-state index in [4.69, 9.17) is 21.4 Å². The van der Waals surface area contributed by atoms with Gasteiger partial charge in [-0.15, -0.1) is 0 Å². The molecule has 0 spiro atoms. The van der Waals surface area contributed by atoms with Crippen molar-refractivity contribution < 1.29 is 36.2 Å². The van der Waals surface area contributed by atoms with Crippen molar-refractivity contribution in [2.24, 2.45) is 0 Å². The van der Waals surface area contributed by atoms with Gasteiger partial charge in [0.05, 0.1) is 35.2 Å². The van der Waals surface area contributed by atoms with Gasteiger partial charge in [-0.2, -0.15) is 18.4 Å². The zero-order chi connectivity index (χ0) is 27.7. The number of benzene rings is 2. The molecule has 8 nitrogen and oxygen atoms in total. The molecule has 0 bridgehead atoms. The Morgan fingerprint density at radius 3 is 2.66 bits per heavy atom. The molecule has 2 aromatic carbocycles. The summed E-state index contributed by atoms with van der Waals surface area (Å²) in [6.07, 6.45) is -3.13. The predicted octanol–water partition coefficient (Wildman–Crippen LogP) is 5.29. The summed E-state index contributed by atoms with van der Waals surface area (Å²) in [5, 5.41) is 18.4. The van der Waals surface area contributed by atoms with Crippen molar-refractivity contribution in [2.45, 2.75) is 30.3 Å². The minimum atomic E-state index is -4.77. The minimum absolute atomic E-state index is 0.0127. The Balaban J connectivity index is 1.78. The number of rotatable bonds is 7. The second kappa shape index (κ2) is 10.5. The fourth-order valence-corrected chi connectivity index (χ4v) is 5.90. The molecule has 1 aliphatic rings. The number of aliphatic carboxylic acids is 1. The highest BCUT2D eigenvalue weighted by atomic mass is 35.5. The maximum absolute atomic E-state index is 13.8. The third-order valence-corrected chi connectivity index (χ3v) is 7.97. The zero-order valence-electron chi connectivity index (χ0n) is 19.5. The number of aromatic nitrogens is 1. The van der Waals surface area contributed by atoms with Gasteiger partial charge in [0.2, 0.25) is 0 Å². The Morgan fingerprint density at radius 2 is 1.97 bits per heavy atom. The molecule has 0 saturated carbocycles. The van der Waals surface area contributed by atoms with Crippen LogP contribution in [-0.2, 0) is 27.4 Å². The Morgan fingerprint density at radius 1 is 1.21 bits per heavy atom. The molecule has 0 atom stereocenters. The second-order valence-electron chi connectivity index (χ2n) is 8.30. The number of para-hydroxylation sites is 1. The summed E-state index contributed by atoms with van der Waals surface area (Å²) in [7, 11) is -4.24. The highest BCUT2D eigenvalue weighted by Gasteiger charge is 2.34. The van der Waals surface area contributed by atoms with Gasteiger partial charge in [0.15, 0.2) is 0 Å². The van der Waals surface area contributed by atoms with Crippen molar-refractivity contribution in [2.75, 3.05) is 17.5 Å². The Bertz CT molecular complexity index is 1550. The molecule has 198 valence electrons. The first-order valence-corrected chi connectivity index (χ1v) is 13.0. The van der Waals surface area contributed by atoms with Crippen molar-refractivity contribution in [3.8, 4) is 22.9 Å². The average Bonchev–Trinajstić information content (AvgIpc) is 2.87. The summed E-state index contributed by atoms with van der Waals surface area (Å²) in [6.45, 7) is -0.0551. The molecule has 0 amide bonds. The van der Waals surface area contributed by atoms with E-state index < -0.39 is 27.9 Å². The summed E-state index contributed by atoms with van der Waals surface area (Å²) in [5.41, 5.74) is -0.692. The van der Waals surface area contributed by atoms with Gasteiger partial charge in [0.1, 0.15) is 11.4 Å². The number of nitriles is 1. The number of carboxylic acids is 1. The second-order valence-corrected chi connectivity index (χ2v) is 10.6. The number of halogens is 4. The van der Waals surface area contributed by atoms with Crippen molar-refractivity contribution in [1.82, 2.24) is 4.98 Å². The number of nitrogens with zero attached hydrogens (tertiary/aromatic N) is 3. The quantitative estimate of drug-likeness (QED) is 0.413. The number of ether oxygens (including phenoxy) is 1. The van der Waals surface area contributed by atoms with E-state index in [1.165, 1.54) is 18.2 Å². The van der Waals surface area contributed by atoms with E-state index in [0.717, 1.165) is 10.5 Å². The van der Waals surface area contributed by atoms with Gasteiger partial charge in [-0.3, -0.25) is 14.1 Å². The molecule has 1 aromatic heterocycles. The monoisotopic (exact) mass is 565 g/mol. The van der Waals surface area contributed by atoms with Gasteiger partial charge in [-0.1, -0.05) is 23.7 Å². The highest BCUT2D eigenvalue weighted by Crippen LogP contribution is 2.41.